The van der Waals surface area contributed by atoms with Gasteiger partial charge in [-0.3, -0.25) is 4.79 Å². The molecule has 0 bridgehead atoms. The predicted octanol–water partition coefficient (Wildman–Crippen LogP) is 3.53. The van der Waals surface area contributed by atoms with Gasteiger partial charge in [0.1, 0.15) is 5.75 Å². The first-order valence-electron chi connectivity index (χ1n) is 6.44. The van der Waals surface area contributed by atoms with Crippen molar-refractivity contribution in [1.82, 2.24) is 5.32 Å². The molecule has 0 spiro atoms. The Balaban J connectivity index is 2.02. The van der Waals surface area contributed by atoms with E-state index in [0.717, 1.165) is 5.56 Å². The van der Waals surface area contributed by atoms with Gasteiger partial charge in [-0.25, -0.2) is 0 Å². The highest BCUT2D eigenvalue weighted by atomic mass is 19.3. The van der Waals surface area contributed by atoms with E-state index in [4.69, 9.17) is 0 Å². The summed E-state index contributed by atoms with van der Waals surface area (Å²) in [4.78, 5) is 12.0. The third kappa shape index (κ3) is 4.27. The number of ether oxygens (including phenoxy) is 1. The maximum absolute atomic E-state index is 12.3. The third-order valence-electron chi connectivity index (χ3n) is 2.94. The summed E-state index contributed by atoms with van der Waals surface area (Å²) in [6.45, 7) is -0.839. The molecule has 2 aromatic carbocycles. The Morgan fingerprint density at radius 3 is 2.48 bits per heavy atom. The minimum atomic E-state index is -2.89. The highest BCUT2D eigenvalue weighted by Crippen LogP contribution is 2.20. The zero-order valence-electron chi connectivity index (χ0n) is 11.5. The van der Waals surface area contributed by atoms with Crippen LogP contribution in [0.1, 0.15) is 21.5 Å². The number of nitrogens with one attached hydrogen (secondary N) is 1. The van der Waals surface area contributed by atoms with Crippen LogP contribution in [0.2, 0.25) is 0 Å². The van der Waals surface area contributed by atoms with Crippen molar-refractivity contribution in [1.29, 1.82) is 0 Å². The summed E-state index contributed by atoms with van der Waals surface area (Å²) in [6, 6.07) is 13.5. The summed E-state index contributed by atoms with van der Waals surface area (Å²) < 4.78 is 29.0. The Morgan fingerprint density at radius 2 is 1.81 bits per heavy atom. The van der Waals surface area contributed by atoms with Crippen LogP contribution in [0.25, 0.3) is 0 Å². The van der Waals surface area contributed by atoms with Crippen LogP contribution < -0.4 is 10.1 Å². The van der Waals surface area contributed by atoms with E-state index in [1.807, 2.05) is 19.1 Å². The van der Waals surface area contributed by atoms with Gasteiger partial charge in [0.25, 0.3) is 5.91 Å². The van der Waals surface area contributed by atoms with E-state index < -0.39 is 6.61 Å². The van der Waals surface area contributed by atoms with Crippen molar-refractivity contribution in [2.24, 2.45) is 0 Å². The maximum atomic E-state index is 12.3. The Bertz CT molecular complexity index is 612. The highest BCUT2D eigenvalue weighted by molar-refractivity contribution is 5.94. The fourth-order valence-corrected chi connectivity index (χ4v) is 1.84. The van der Waals surface area contributed by atoms with Crippen LogP contribution in [-0.2, 0) is 6.54 Å². The van der Waals surface area contributed by atoms with Gasteiger partial charge in [0, 0.05) is 17.7 Å². The monoisotopic (exact) mass is 291 g/mol. The van der Waals surface area contributed by atoms with Crippen LogP contribution in [0.15, 0.2) is 48.5 Å². The zero-order chi connectivity index (χ0) is 15.2. The number of rotatable bonds is 5. The lowest BCUT2D eigenvalue weighted by molar-refractivity contribution is -0.0504. The molecule has 0 atom stereocenters. The summed E-state index contributed by atoms with van der Waals surface area (Å²) in [6.07, 6.45) is 0. The first-order chi connectivity index (χ1) is 10.1. The van der Waals surface area contributed by atoms with Crippen LogP contribution in [-0.4, -0.2) is 12.5 Å². The van der Waals surface area contributed by atoms with E-state index in [9.17, 15) is 13.6 Å². The van der Waals surface area contributed by atoms with Crippen LogP contribution in [0.5, 0.6) is 5.75 Å². The molecule has 0 aliphatic heterocycles. The number of hydrogen-bond acceptors (Lipinski definition) is 2. The van der Waals surface area contributed by atoms with Crippen LogP contribution in [0, 0.1) is 6.92 Å². The molecule has 0 aliphatic rings. The molecule has 0 saturated heterocycles. The molecule has 21 heavy (non-hydrogen) atoms. The molecule has 2 rings (SSSR count). The van der Waals surface area contributed by atoms with Crippen molar-refractivity contribution < 1.29 is 18.3 Å². The Labute approximate surface area is 121 Å². The van der Waals surface area contributed by atoms with Gasteiger partial charge in [-0.2, -0.15) is 8.78 Å². The lowest BCUT2D eigenvalue weighted by atomic mass is 10.1. The second kappa shape index (κ2) is 6.83. The smallest absolute Gasteiger partial charge is 0.387 e. The zero-order valence-corrected chi connectivity index (χ0v) is 11.5. The summed E-state index contributed by atoms with van der Waals surface area (Å²) in [7, 11) is 0. The van der Waals surface area contributed by atoms with Crippen molar-refractivity contribution in [2.75, 3.05) is 0 Å². The van der Waals surface area contributed by atoms with Gasteiger partial charge in [0.2, 0.25) is 0 Å². The van der Waals surface area contributed by atoms with E-state index >= 15 is 0 Å². The molecule has 2 aromatic rings. The average molecular weight is 291 g/mol. The highest BCUT2D eigenvalue weighted by Gasteiger charge is 2.10. The number of alkyl halides is 2. The van der Waals surface area contributed by atoms with Crippen molar-refractivity contribution in [3.05, 3.63) is 65.2 Å². The van der Waals surface area contributed by atoms with Crippen molar-refractivity contribution >= 4 is 5.91 Å². The number of carbonyl (C=O) groups excluding carboxylic acids is 1. The Kier molecular flexibility index (Phi) is 4.87. The molecule has 0 unspecified atom stereocenters. The number of halogens is 2. The first kappa shape index (κ1) is 15.0. The van der Waals surface area contributed by atoms with Gasteiger partial charge < -0.3 is 10.1 Å². The standard InChI is InChI=1S/C16H15F2NO2/c1-11-6-8-12(9-7-11)15(20)19-10-13-4-2-3-5-14(13)21-16(17)18/h2-9,16H,10H2,1H3,(H,19,20). The first-order valence-corrected chi connectivity index (χ1v) is 6.44. The van der Waals surface area contributed by atoms with Gasteiger partial charge in [0.15, 0.2) is 0 Å². The van der Waals surface area contributed by atoms with Crippen molar-refractivity contribution in [3.63, 3.8) is 0 Å². The quantitative estimate of drug-likeness (QED) is 0.915. The van der Waals surface area contributed by atoms with Crippen LogP contribution in [0.4, 0.5) is 8.78 Å². The number of hydrogen-bond donors (Lipinski definition) is 1. The summed E-state index contributed by atoms with van der Waals surface area (Å²) in [5.74, 6) is -0.196. The lowest BCUT2D eigenvalue weighted by Crippen LogP contribution is -2.23. The molecule has 1 amide bonds. The molecular formula is C16H15F2NO2. The Morgan fingerprint density at radius 1 is 1.14 bits per heavy atom. The molecular weight excluding hydrogens is 276 g/mol. The number of carbonyl (C=O) groups is 1. The van der Waals surface area contributed by atoms with Gasteiger partial charge >= 0.3 is 6.61 Å². The molecule has 0 aromatic heterocycles. The average Bonchev–Trinajstić information content (AvgIpc) is 2.46. The van der Waals surface area contributed by atoms with E-state index in [1.165, 1.54) is 6.07 Å². The van der Waals surface area contributed by atoms with E-state index in [0.29, 0.717) is 11.1 Å². The molecule has 0 fully saturated rings. The minimum absolute atomic E-state index is 0.0664. The van der Waals surface area contributed by atoms with E-state index in [2.05, 4.69) is 10.1 Å². The lowest BCUT2D eigenvalue weighted by Gasteiger charge is -2.11. The third-order valence-corrected chi connectivity index (χ3v) is 2.94. The van der Waals surface area contributed by atoms with Gasteiger partial charge in [-0.05, 0) is 25.1 Å². The van der Waals surface area contributed by atoms with Crippen LogP contribution >= 0.6 is 0 Å². The minimum Gasteiger partial charge on any atom is -0.434 e. The number of amides is 1. The number of aryl methyl sites for hydroxylation is 1. The topological polar surface area (TPSA) is 38.3 Å². The van der Waals surface area contributed by atoms with Crippen molar-refractivity contribution in [2.45, 2.75) is 20.1 Å². The van der Waals surface area contributed by atoms with Crippen LogP contribution in [0.3, 0.4) is 0 Å². The van der Waals surface area contributed by atoms with E-state index in [-0.39, 0.29) is 18.2 Å². The molecule has 0 aliphatic carbocycles. The normalized spacial score (nSPS) is 10.5. The fourth-order valence-electron chi connectivity index (χ4n) is 1.84. The molecule has 0 heterocycles. The fraction of sp³-hybridized carbons (Fsp3) is 0.188. The van der Waals surface area contributed by atoms with Gasteiger partial charge in [0.05, 0.1) is 0 Å². The van der Waals surface area contributed by atoms with Crippen molar-refractivity contribution in [3.8, 4) is 5.75 Å². The molecule has 5 heteroatoms. The second-order valence-electron chi connectivity index (χ2n) is 4.53. The van der Waals surface area contributed by atoms with Gasteiger partial charge in [-0.1, -0.05) is 35.9 Å². The summed E-state index contributed by atoms with van der Waals surface area (Å²) >= 11 is 0. The molecule has 0 radical (unpaired) electrons. The predicted molar refractivity (Wildman–Crippen MR) is 75.4 cm³/mol. The summed E-state index contributed by atoms with van der Waals surface area (Å²) in [5, 5.41) is 2.68. The Hall–Kier alpha value is -2.43. The molecule has 110 valence electrons. The number of benzene rings is 2. The van der Waals surface area contributed by atoms with E-state index in [1.54, 1.807) is 30.3 Å². The second-order valence-corrected chi connectivity index (χ2v) is 4.53. The van der Waals surface area contributed by atoms with Gasteiger partial charge in [-0.15, -0.1) is 0 Å². The summed E-state index contributed by atoms with van der Waals surface area (Å²) in [5.41, 5.74) is 2.08. The molecule has 1 N–H and O–H groups in total. The number of para-hydroxylation sites is 1. The molecule has 0 saturated carbocycles. The largest absolute Gasteiger partial charge is 0.434 e. The molecule has 3 nitrogen and oxygen atoms in total. The SMILES string of the molecule is Cc1ccc(C(=O)NCc2ccccc2OC(F)F)cc1. The maximum Gasteiger partial charge on any atom is 0.387 e.